The van der Waals surface area contributed by atoms with Crippen LogP contribution in [0.4, 0.5) is 0 Å². The molecule has 1 heterocycles. The maximum absolute atomic E-state index is 10.1. The van der Waals surface area contributed by atoms with E-state index in [1.807, 2.05) is 0 Å². The van der Waals surface area contributed by atoms with Crippen molar-refractivity contribution in [2.75, 3.05) is 0 Å². The molecular formula is C12H24O2S. The van der Waals surface area contributed by atoms with E-state index in [1.54, 1.807) is 11.8 Å². The van der Waals surface area contributed by atoms with Crippen LogP contribution in [0.5, 0.6) is 0 Å². The maximum atomic E-state index is 10.1. The zero-order valence-electron chi connectivity index (χ0n) is 10.4. The van der Waals surface area contributed by atoms with Gasteiger partial charge in [0.2, 0.25) is 0 Å². The fourth-order valence-electron chi connectivity index (χ4n) is 2.12. The summed E-state index contributed by atoms with van der Waals surface area (Å²) in [6.45, 7) is 10.8. The topological polar surface area (TPSA) is 29.5 Å². The van der Waals surface area contributed by atoms with Crippen molar-refractivity contribution in [1.82, 2.24) is 0 Å². The normalized spacial score (nSPS) is 42.2. The van der Waals surface area contributed by atoms with Crippen molar-refractivity contribution in [1.29, 1.82) is 0 Å². The van der Waals surface area contributed by atoms with E-state index < -0.39 is 0 Å². The summed E-state index contributed by atoms with van der Waals surface area (Å²) in [5.74, 6) is 0.786. The van der Waals surface area contributed by atoms with Crippen molar-refractivity contribution in [3.8, 4) is 0 Å². The maximum Gasteiger partial charge on any atom is 0.130 e. The second kappa shape index (κ2) is 5.55. The van der Waals surface area contributed by atoms with Crippen LogP contribution in [0, 0.1) is 11.8 Å². The minimum Gasteiger partial charge on any atom is -0.389 e. The molecule has 5 atom stereocenters. The van der Waals surface area contributed by atoms with Gasteiger partial charge in [-0.05, 0) is 18.3 Å². The third-order valence-corrected chi connectivity index (χ3v) is 4.55. The molecule has 90 valence electrons. The van der Waals surface area contributed by atoms with Gasteiger partial charge in [-0.2, -0.15) is 0 Å². The molecule has 0 spiro atoms. The van der Waals surface area contributed by atoms with Gasteiger partial charge in [0.1, 0.15) is 5.44 Å². The highest BCUT2D eigenvalue weighted by Gasteiger charge is 2.40. The molecule has 1 aliphatic rings. The zero-order chi connectivity index (χ0) is 11.6. The highest BCUT2D eigenvalue weighted by atomic mass is 32.2. The third-order valence-electron chi connectivity index (χ3n) is 3.35. The molecule has 0 bridgehead atoms. The Morgan fingerprint density at radius 1 is 1.27 bits per heavy atom. The van der Waals surface area contributed by atoms with E-state index in [4.69, 9.17) is 4.74 Å². The van der Waals surface area contributed by atoms with Crippen LogP contribution in [0.2, 0.25) is 0 Å². The standard InChI is InChI=1S/C12H24O2S/c1-6-10-8(4)9(5)11(13)12(14-10)15-7(2)3/h7-13H,6H2,1-5H3/t8-,9+,10?,11?,12+/m1/s1. The second-order valence-corrected chi connectivity index (χ2v) is 6.52. The Morgan fingerprint density at radius 2 is 1.87 bits per heavy atom. The summed E-state index contributed by atoms with van der Waals surface area (Å²) in [5, 5.41) is 10.6. The van der Waals surface area contributed by atoms with Crippen LogP contribution >= 0.6 is 11.8 Å². The van der Waals surface area contributed by atoms with Crippen molar-refractivity contribution in [3.05, 3.63) is 0 Å². The Balaban J connectivity index is 2.65. The number of ether oxygens (including phenoxy) is 1. The second-order valence-electron chi connectivity index (χ2n) is 4.84. The minimum absolute atomic E-state index is 0.0406. The van der Waals surface area contributed by atoms with Crippen molar-refractivity contribution >= 4 is 11.8 Å². The fourth-order valence-corrected chi connectivity index (χ4v) is 3.28. The van der Waals surface area contributed by atoms with Gasteiger partial charge in [0.05, 0.1) is 12.2 Å². The molecule has 0 aromatic carbocycles. The molecule has 2 unspecified atom stereocenters. The number of rotatable bonds is 3. The van der Waals surface area contributed by atoms with Gasteiger partial charge in [0.15, 0.2) is 0 Å². The molecule has 0 radical (unpaired) electrons. The summed E-state index contributed by atoms with van der Waals surface area (Å²) in [6.07, 6.45) is 1.02. The van der Waals surface area contributed by atoms with E-state index in [0.29, 0.717) is 23.2 Å². The van der Waals surface area contributed by atoms with Gasteiger partial charge in [-0.15, -0.1) is 11.8 Å². The third kappa shape index (κ3) is 3.11. The van der Waals surface area contributed by atoms with Gasteiger partial charge >= 0.3 is 0 Å². The molecule has 0 aromatic rings. The smallest absolute Gasteiger partial charge is 0.130 e. The van der Waals surface area contributed by atoms with Crippen molar-refractivity contribution < 1.29 is 9.84 Å². The molecule has 1 N–H and O–H groups in total. The largest absolute Gasteiger partial charge is 0.389 e. The predicted molar refractivity (Wildman–Crippen MR) is 66.0 cm³/mol. The molecule has 3 heteroatoms. The molecule has 15 heavy (non-hydrogen) atoms. The van der Waals surface area contributed by atoms with E-state index in [-0.39, 0.29) is 11.5 Å². The quantitative estimate of drug-likeness (QED) is 0.811. The summed E-state index contributed by atoms with van der Waals surface area (Å²) in [4.78, 5) is 0. The first-order valence-electron chi connectivity index (χ1n) is 5.96. The van der Waals surface area contributed by atoms with Crippen LogP contribution in [-0.4, -0.2) is 28.0 Å². The van der Waals surface area contributed by atoms with Crippen molar-refractivity contribution in [2.45, 2.75) is 63.9 Å². The monoisotopic (exact) mass is 232 g/mol. The van der Waals surface area contributed by atoms with Crippen molar-refractivity contribution in [2.24, 2.45) is 11.8 Å². The number of aliphatic hydroxyl groups excluding tert-OH is 1. The SMILES string of the molecule is CCC1O[C@@H](SC(C)C)C(O)[C@@H](C)[C@H]1C. The van der Waals surface area contributed by atoms with Gasteiger partial charge < -0.3 is 9.84 Å². The number of hydrogen-bond acceptors (Lipinski definition) is 3. The summed E-state index contributed by atoms with van der Waals surface area (Å²) in [6, 6.07) is 0. The van der Waals surface area contributed by atoms with Crippen molar-refractivity contribution in [3.63, 3.8) is 0 Å². The lowest BCUT2D eigenvalue weighted by molar-refractivity contribution is -0.133. The van der Waals surface area contributed by atoms with E-state index >= 15 is 0 Å². The van der Waals surface area contributed by atoms with Gasteiger partial charge in [-0.1, -0.05) is 34.6 Å². The van der Waals surface area contributed by atoms with Gasteiger partial charge in [-0.3, -0.25) is 0 Å². The molecule has 1 fully saturated rings. The predicted octanol–water partition coefficient (Wildman–Crippen LogP) is 2.90. The Labute approximate surface area is 97.8 Å². The molecule has 1 rings (SSSR count). The molecule has 1 saturated heterocycles. The van der Waals surface area contributed by atoms with Crippen LogP contribution in [-0.2, 0) is 4.74 Å². The number of hydrogen-bond donors (Lipinski definition) is 1. The molecule has 1 aliphatic heterocycles. The summed E-state index contributed by atoms with van der Waals surface area (Å²) < 4.78 is 5.95. The van der Waals surface area contributed by atoms with E-state index in [9.17, 15) is 5.11 Å². The van der Waals surface area contributed by atoms with Gasteiger partial charge in [0, 0.05) is 5.25 Å². The Kier molecular flexibility index (Phi) is 4.94. The number of aliphatic hydroxyl groups is 1. The Bertz CT molecular complexity index is 194. The van der Waals surface area contributed by atoms with Crippen LogP contribution in [0.15, 0.2) is 0 Å². The molecule has 0 amide bonds. The van der Waals surface area contributed by atoms with Gasteiger partial charge in [0.25, 0.3) is 0 Å². The highest BCUT2D eigenvalue weighted by molar-refractivity contribution is 8.00. The Hall–Kier alpha value is 0.270. The number of thioether (sulfide) groups is 1. The molecule has 0 aliphatic carbocycles. The first kappa shape index (κ1) is 13.3. The van der Waals surface area contributed by atoms with Crippen LogP contribution in [0.1, 0.15) is 41.0 Å². The fraction of sp³-hybridized carbons (Fsp3) is 1.00. The van der Waals surface area contributed by atoms with E-state index in [0.717, 1.165) is 6.42 Å². The van der Waals surface area contributed by atoms with Crippen LogP contribution in [0.3, 0.4) is 0 Å². The minimum atomic E-state index is -0.324. The molecule has 0 aromatic heterocycles. The average Bonchev–Trinajstić information content (AvgIpc) is 2.18. The van der Waals surface area contributed by atoms with E-state index in [1.165, 1.54) is 0 Å². The lowest BCUT2D eigenvalue weighted by Crippen LogP contribution is -2.47. The highest BCUT2D eigenvalue weighted by Crippen LogP contribution is 2.37. The summed E-state index contributed by atoms with van der Waals surface area (Å²) >= 11 is 1.74. The first-order valence-corrected chi connectivity index (χ1v) is 6.90. The molecule has 2 nitrogen and oxygen atoms in total. The Morgan fingerprint density at radius 3 is 2.33 bits per heavy atom. The summed E-state index contributed by atoms with van der Waals surface area (Å²) in [7, 11) is 0. The molecule has 0 saturated carbocycles. The van der Waals surface area contributed by atoms with Crippen LogP contribution < -0.4 is 0 Å². The van der Waals surface area contributed by atoms with E-state index in [2.05, 4.69) is 34.6 Å². The lowest BCUT2D eigenvalue weighted by atomic mass is 9.83. The van der Waals surface area contributed by atoms with Crippen LogP contribution in [0.25, 0.3) is 0 Å². The van der Waals surface area contributed by atoms with Gasteiger partial charge in [-0.25, -0.2) is 0 Å². The molecular weight excluding hydrogens is 208 g/mol. The zero-order valence-corrected chi connectivity index (χ0v) is 11.3. The summed E-state index contributed by atoms with van der Waals surface area (Å²) in [5.41, 5.74) is -0.0406. The lowest BCUT2D eigenvalue weighted by Gasteiger charge is -2.42. The average molecular weight is 232 g/mol. The first-order chi connectivity index (χ1) is 6.97.